The smallest absolute Gasteiger partial charge is 0.322 e. The van der Waals surface area contributed by atoms with Crippen LogP contribution in [0.15, 0.2) is 24.3 Å². The Morgan fingerprint density at radius 2 is 1.57 bits per heavy atom. The van der Waals surface area contributed by atoms with Crippen molar-refractivity contribution in [3.63, 3.8) is 0 Å². The van der Waals surface area contributed by atoms with Crippen molar-refractivity contribution < 1.29 is 24.6 Å². The van der Waals surface area contributed by atoms with E-state index in [1.807, 2.05) is 0 Å². The van der Waals surface area contributed by atoms with E-state index >= 15 is 0 Å². The topological polar surface area (TPSA) is 128 Å². The molecule has 2 amide bonds. The van der Waals surface area contributed by atoms with Gasteiger partial charge in [0, 0.05) is 12.1 Å². The van der Waals surface area contributed by atoms with E-state index < -0.39 is 24.3 Å². The zero-order valence-corrected chi connectivity index (χ0v) is 11.3. The molecular weight excluding hydrogens is 278 g/mol. The second kappa shape index (κ2) is 8.54. The maximum atomic E-state index is 11.4. The number of hydrogen-bond acceptors (Lipinski definition) is 5. The van der Waals surface area contributed by atoms with Crippen LogP contribution in [0.2, 0.25) is 0 Å². The molecule has 8 nitrogen and oxygen atoms in total. The van der Waals surface area contributed by atoms with Crippen molar-refractivity contribution in [2.45, 2.75) is 6.54 Å². The van der Waals surface area contributed by atoms with Gasteiger partial charge < -0.3 is 26.2 Å². The SMILES string of the molecule is O=C(O)CNC(=O)CNC(=O)CNCc1ccccc1O. The summed E-state index contributed by atoms with van der Waals surface area (Å²) >= 11 is 0. The molecule has 0 aliphatic heterocycles. The molecule has 0 bridgehead atoms. The molecule has 1 rings (SSSR count). The largest absolute Gasteiger partial charge is 0.508 e. The molecule has 0 radical (unpaired) electrons. The average molecular weight is 295 g/mol. The van der Waals surface area contributed by atoms with Crippen LogP contribution >= 0.6 is 0 Å². The molecule has 0 spiro atoms. The summed E-state index contributed by atoms with van der Waals surface area (Å²) in [5.41, 5.74) is 0.657. The normalized spacial score (nSPS) is 9.90. The zero-order valence-electron chi connectivity index (χ0n) is 11.3. The number of amides is 2. The summed E-state index contributed by atoms with van der Waals surface area (Å²) in [6, 6.07) is 6.73. The van der Waals surface area contributed by atoms with Crippen molar-refractivity contribution in [3.8, 4) is 5.75 Å². The summed E-state index contributed by atoms with van der Waals surface area (Å²) in [5, 5.41) is 25.1. The van der Waals surface area contributed by atoms with Gasteiger partial charge in [0.1, 0.15) is 12.3 Å². The molecule has 0 aliphatic carbocycles. The van der Waals surface area contributed by atoms with Crippen LogP contribution in [0.5, 0.6) is 5.75 Å². The Balaban J connectivity index is 2.18. The molecule has 21 heavy (non-hydrogen) atoms. The maximum Gasteiger partial charge on any atom is 0.322 e. The van der Waals surface area contributed by atoms with Gasteiger partial charge in [-0.05, 0) is 6.07 Å². The van der Waals surface area contributed by atoms with Gasteiger partial charge >= 0.3 is 5.97 Å². The Morgan fingerprint density at radius 3 is 2.24 bits per heavy atom. The highest BCUT2D eigenvalue weighted by molar-refractivity contribution is 5.87. The first kappa shape index (κ1) is 16.4. The summed E-state index contributed by atoms with van der Waals surface area (Å²) in [7, 11) is 0. The fourth-order valence-electron chi connectivity index (χ4n) is 1.45. The highest BCUT2D eigenvalue weighted by atomic mass is 16.4. The molecule has 0 saturated carbocycles. The van der Waals surface area contributed by atoms with Crippen LogP contribution in [0.1, 0.15) is 5.56 Å². The fourth-order valence-corrected chi connectivity index (χ4v) is 1.45. The van der Waals surface area contributed by atoms with E-state index in [9.17, 15) is 19.5 Å². The molecule has 114 valence electrons. The molecular formula is C13H17N3O5. The number of carboxylic acid groups (broad SMARTS) is 1. The van der Waals surface area contributed by atoms with Crippen LogP contribution in [0, 0.1) is 0 Å². The number of benzene rings is 1. The van der Waals surface area contributed by atoms with Crippen LogP contribution in [0.3, 0.4) is 0 Å². The zero-order chi connectivity index (χ0) is 15.7. The van der Waals surface area contributed by atoms with Crippen LogP contribution in [0.25, 0.3) is 0 Å². The van der Waals surface area contributed by atoms with Crippen molar-refractivity contribution in [1.29, 1.82) is 0 Å². The summed E-state index contributed by atoms with van der Waals surface area (Å²) in [6.45, 7) is -0.490. The van der Waals surface area contributed by atoms with E-state index in [1.165, 1.54) is 0 Å². The molecule has 1 aromatic carbocycles. The third-order valence-corrected chi connectivity index (χ3v) is 2.48. The van der Waals surface area contributed by atoms with Crippen molar-refractivity contribution in [2.24, 2.45) is 0 Å². The number of para-hydroxylation sites is 1. The first-order valence-electron chi connectivity index (χ1n) is 6.22. The van der Waals surface area contributed by atoms with Gasteiger partial charge in [0.2, 0.25) is 11.8 Å². The number of carboxylic acids is 1. The predicted molar refractivity (Wildman–Crippen MR) is 73.5 cm³/mol. The van der Waals surface area contributed by atoms with E-state index in [1.54, 1.807) is 24.3 Å². The minimum atomic E-state index is -1.15. The lowest BCUT2D eigenvalue weighted by Gasteiger charge is -2.08. The number of hydrogen-bond donors (Lipinski definition) is 5. The van der Waals surface area contributed by atoms with Gasteiger partial charge in [-0.2, -0.15) is 0 Å². The molecule has 5 N–H and O–H groups in total. The fraction of sp³-hybridized carbons (Fsp3) is 0.308. The number of aromatic hydroxyl groups is 1. The second-order valence-electron chi connectivity index (χ2n) is 4.18. The number of aliphatic carboxylic acids is 1. The average Bonchev–Trinajstić information content (AvgIpc) is 2.45. The Morgan fingerprint density at radius 1 is 0.952 bits per heavy atom. The summed E-state index contributed by atoms with van der Waals surface area (Å²) in [6.07, 6.45) is 0. The van der Waals surface area contributed by atoms with Crippen molar-refractivity contribution in [1.82, 2.24) is 16.0 Å². The van der Waals surface area contributed by atoms with Crippen LogP contribution in [-0.4, -0.2) is 47.6 Å². The van der Waals surface area contributed by atoms with E-state index in [-0.39, 0.29) is 18.8 Å². The number of rotatable bonds is 8. The molecule has 0 fully saturated rings. The number of phenols is 1. The first-order chi connectivity index (χ1) is 9.99. The quantitative estimate of drug-likeness (QED) is 0.410. The number of nitrogens with one attached hydrogen (secondary N) is 3. The van der Waals surface area contributed by atoms with Crippen LogP contribution < -0.4 is 16.0 Å². The van der Waals surface area contributed by atoms with E-state index in [0.717, 1.165) is 0 Å². The minimum absolute atomic E-state index is 0.0272. The van der Waals surface area contributed by atoms with Gasteiger partial charge in [-0.1, -0.05) is 18.2 Å². The monoisotopic (exact) mass is 295 g/mol. The van der Waals surface area contributed by atoms with Gasteiger partial charge in [-0.3, -0.25) is 14.4 Å². The molecule has 0 aromatic heterocycles. The number of carbonyl (C=O) groups excluding carboxylic acids is 2. The summed E-state index contributed by atoms with van der Waals surface area (Å²) in [5.74, 6) is -2.00. The molecule has 0 saturated heterocycles. The molecule has 0 unspecified atom stereocenters. The van der Waals surface area contributed by atoms with Gasteiger partial charge in [0.15, 0.2) is 0 Å². The number of carbonyl (C=O) groups is 3. The van der Waals surface area contributed by atoms with Crippen LogP contribution in [0.4, 0.5) is 0 Å². The first-order valence-corrected chi connectivity index (χ1v) is 6.22. The highest BCUT2D eigenvalue weighted by Crippen LogP contribution is 2.14. The lowest BCUT2D eigenvalue weighted by atomic mass is 10.2. The van der Waals surface area contributed by atoms with Crippen LogP contribution in [-0.2, 0) is 20.9 Å². The Bertz CT molecular complexity index is 518. The molecule has 1 aromatic rings. The minimum Gasteiger partial charge on any atom is -0.508 e. The molecule has 8 heteroatoms. The predicted octanol–water partition coefficient (Wildman–Crippen LogP) is -1.20. The highest BCUT2D eigenvalue weighted by Gasteiger charge is 2.07. The summed E-state index contributed by atoms with van der Waals surface area (Å²) < 4.78 is 0. The van der Waals surface area contributed by atoms with Gasteiger partial charge in [0.25, 0.3) is 0 Å². The Hall–Kier alpha value is -2.61. The summed E-state index contributed by atoms with van der Waals surface area (Å²) in [4.78, 5) is 32.8. The molecule has 0 aliphatic rings. The lowest BCUT2D eigenvalue weighted by molar-refractivity contribution is -0.137. The van der Waals surface area contributed by atoms with E-state index in [2.05, 4.69) is 16.0 Å². The van der Waals surface area contributed by atoms with Crippen molar-refractivity contribution in [2.75, 3.05) is 19.6 Å². The Kier molecular flexibility index (Phi) is 6.69. The van der Waals surface area contributed by atoms with Gasteiger partial charge in [-0.15, -0.1) is 0 Å². The van der Waals surface area contributed by atoms with Gasteiger partial charge in [0.05, 0.1) is 13.1 Å². The van der Waals surface area contributed by atoms with Gasteiger partial charge in [-0.25, -0.2) is 0 Å². The van der Waals surface area contributed by atoms with Crippen molar-refractivity contribution in [3.05, 3.63) is 29.8 Å². The molecule has 0 heterocycles. The third kappa shape index (κ3) is 6.92. The number of phenolic OH excluding ortho intramolecular Hbond substituents is 1. The van der Waals surface area contributed by atoms with E-state index in [0.29, 0.717) is 12.1 Å². The van der Waals surface area contributed by atoms with E-state index in [4.69, 9.17) is 5.11 Å². The third-order valence-electron chi connectivity index (χ3n) is 2.48. The molecule has 0 atom stereocenters. The second-order valence-corrected chi connectivity index (χ2v) is 4.18. The standard InChI is InChI=1S/C13H17N3O5/c17-10-4-2-1-3-9(10)5-14-6-11(18)15-7-12(19)16-8-13(20)21/h1-4,14,17H,5-8H2,(H,15,18)(H,16,19)(H,20,21). The Labute approximate surface area is 121 Å². The maximum absolute atomic E-state index is 11.4. The lowest BCUT2D eigenvalue weighted by Crippen LogP contribution is -2.41. The van der Waals surface area contributed by atoms with Crippen molar-refractivity contribution >= 4 is 17.8 Å².